The molecule has 3 rings (SSSR count). The predicted octanol–water partition coefficient (Wildman–Crippen LogP) is 4.16. The maximum Gasteiger partial charge on any atom is 0.339 e. The van der Waals surface area contributed by atoms with Gasteiger partial charge in [-0.2, -0.15) is 0 Å². The number of nitrogens with zero attached hydrogens (tertiary/aromatic N) is 3. The van der Waals surface area contributed by atoms with Crippen LogP contribution in [0, 0.1) is 0 Å². The number of hydrogen-bond acceptors (Lipinski definition) is 9. The van der Waals surface area contributed by atoms with Gasteiger partial charge < -0.3 is 24.0 Å². The van der Waals surface area contributed by atoms with E-state index in [1.54, 1.807) is 17.8 Å². The number of pyridine rings is 1. The van der Waals surface area contributed by atoms with Crippen LogP contribution in [0.4, 0.5) is 16.2 Å². The average Bonchev–Trinajstić information content (AvgIpc) is 2.86. The Morgan fingerprint density at radius 1 is 1.16 bits per heavy atom. The molecule has 10 heteroatoms. The molecule has 0 aliphatic carbocycles. The minimum Gasteiger partial charge on any atom is -0.479 e. The molecule has 172 valence electrons. The molecule has 0 bridgehead atoms. The van der Waals surface area contributed by atoms with Crippen LogP contribution in [-0.2, 0) is 11.2 Å². The van der Waals surface area contributed by atoms with E-state index in [0.717, 1.165) is 25.0 Å². The SMILES string of the molecule is CCc1nc(OC)c(NSC(=O)N2CCN(c3ccccc3SC)CC2)cc1C(=O)OC. The third-order valence-electron chi connectivity index (χ3n) is 5.21. The van der Waals surface area contributed by atoms with Crippen LogP contribution in [0.2, 0.25) is 0 Å². The van der Waals surface area contributed by atoms with Gasteiger partial charge in [0.1, 0.15) is 5.69 Å². The van der Waals surface area contributed by atoms with Crippen molar-refractivity contribution < 1.29 is 19.1 Å². The molecule has 2 heterocycles. The summed E-state index contributed by atoms with van der Waals surface area (Å²) in [4.78, 5) is 34.7. The van der Waals surface area contributed by atoms with Gasteiger partial charge in [0.2, 0.25) is 5.88 Å². The molecule has 0 unspecified atom stereocenters. The van der Waals surface area contributed by atoms with Gasteiger partial charge in [-0.05, 0) is 30.9 Å². The van der Waals surface area contributed by atoms with E-state index in [2.05, 4.69) is 33.0 Å². The fourth-order valence-electron chi connectivity index (χ4n) is 3.50. The molecule has 0 saturated carbocycles. The molecule has 1 amide bonds. The molecule has 1 saturated heterocycles. The smallest absolute Gasteiger partial charge is 0.339 e. The summed E-state index contributed by atoms with van der Waals surface area (Å²) in [5.74, 6) is -0.147. The second-order valence-corrected chi connectivity index (χ2v) is 8.61. The first-order chi connectivity index (χ1) is 15.5. The van der Waals surface area contributed by atoms with Gasteiger partial charge in [0.15, 0.2) is 0 Å². The van der Waals surface area contributed by atoms with Crippen LogP contribution in [-0.4, -0.2) is 67.7 Å². The number of esters is 1. The highest BCUT2D eigenvalue weighted by Crippen LogP contribution is 2.31. The summed E-state index contributed by atoms with van der Waals surface area (Å²) in [6.07, 6.45) is 2.62. The van der Waals surface area contributed by atoms with Gasteiger partial charge in [-0.15, -0.1) is 11.8 Å². The van der Waals surface area contributed by atoms with E-state index in [9.17, 15) is 9.59 Å². The van der Waals surface area contributed by atoms with Crippen molar-refractivity contribution in [1.82, 2.24) is 9.88 Å². The lowest BCUT2D eigenvalue weighted by Gasteiger charge is -2.36. The molecule has 1 aliphatic rings. The van der Waals surface area contributed by atoms with Gasteiger partial charge >= 0.3 is 11.2 Å². The van der Waals surface area contributed by atoms with Crippen molar-refractivity contribution in [3.05, 3.63) is 41.6 Å². The predicted molar refractivity (Wildman–Crippen MR) is 130 cm³/mol. The van der Waals surface area contributed by atoms with Crippen molar-refractivity contribution >= 4 is 46.3 Å². The number of para-hydroxylation sites is 1. The monoisotopic (exact) mass is 476 g/mol. The van der Waals surface area contributed by atoms with Crippen molar-refractivity contribution in [2.75, 3.05) is 56.3 Å². The molecule has 0 radical (unpaired) electrons. The summed E-state index contributed by atoms with van der Waals surface area (Å²) >= 11 is 2.68. The molecule has 32 heavy (non-hydrogen) atoms. The van der Waals surface area contributed by atoms with Crippen molar-refractivity contribution in [2.45, 2.75) is 18.2 Å². The second-order valence-electron chi connectivity index (χ2n) is 7.00. The summed E-state index contributed by atoms with van der Waals surface area (Å²) in [7, 11) is 2.83. The van der Waals surface area contributed by atoms with Crippen LogP contribution in [0.5, 0.6) is 5.88 Å². The highest BCUT2D eigenvalue weighted by molar-refractivity contribution is 8.14. The van der Waals surface area contributed by atoms with Crippen LogP contribution in [0.15, 0.2) is 35.2 Å². The zero-order chi connectivity index (χ0) is 23.1. The Bertz CT molecular complexity index is 965. The van der Waals surface area contributed by atoms with Gasteiger partial charge in [0.05, 0.1) is 31.2 Å². The number of benzene rings is 1. The Hall–Kier alpha value is -2.59. The van der Waals surface area contributed by atoms with Crippen LogP contribution < -0.4 is 14.4 Å². The summed E-state index contributed by atoms with van der Waals surface area (Å²) in [6, 6.07) is 9.94. The minimum atomic E-state index is -0.474. The van der Waals surface area contributed by atoms with E-state index < -0.39 is 5.97 Å². The number of carbonyl (C=O) groups is 2. The number of carbonyl (C=O) groups excluding carboxylic acids is 2. The van der Waals surface area contributed by atoms with Crippen molar-refractivity contribution in [2.24, 2.45) is 0 Å². The number of aromatic nitrogens is 1. The highest BCUT2D eigenvalue weighted by atomic mass is 32.2. The van der Waals surface area contributed by atoms with Crippen LogP contribution in [0.25, 0.3) is 0 Å². The molecule has 1 aromatic heterocycles. The Morgan fingerprint density at radius 2 is 1.88 bits per heavy atom. The zero-order valence-corrected chi connectivity index (χ0v) is 20.3. The number of amides is 1. The van der Waals surface area contributed by atoms with Gasteiger partial charge in [0.25, 0.3) is 0 Å². The summed E-state index contributed by atoms with van der Waals surface area (Å²) in [5, 5.41) is -0.0935. The fourth-order valence-corrected chi connectivity index (χ4v) is 4.78. The van der Waals surface area contributed by atoms with Gasteiger partial charge in [0, 0.05) is 43.0 Å². The van der Waals surface area contributed by atoms with E-state index in [4.69, 9.17) is 9.47 Å². The number of rotatable bonds is 7. The van der Waals surface area contributed by atoms with E-state index in [0.29, 0.717) is 42.3 Å². The van der Waals surface area contributed by atoms with E-state index in [1.807, 2.05) is 24.0 Å². The quantitative estimate of drug-likeness (QED) is 0.360. The molecule has 1 aromatic carbocycles. The maximum absolute atomic E-state index is 12.8. The standard InChI is InChI=1S/C22H28N4O4S2/c1-5-16-15(21(27)30-3)14-17(20(23-16)29-2)24-32-22(28)26-12-10-25(11-13-26)18-8-6-7-9-19(18)31-4/h6-9,14,24H,5,10-13H2,1-4H3. The first-order valence-corrected chi connectivity index (χ1v) is 12.3. The number of thioether (sulfide) groups is 1. The third kappa shape index (κ3) is 5.42. The molecule has 2 aromatic rings. The molecule has 0 atom stereocenters. The average molecular weight is 477 g/mol. The first-order valence-electron chi connectivity index (χ1n) is 10.3. The number of methoxy groups -OCH3 is 2. The number of ether oxygens (including phenoxy) is 2. The van der Waals surface area contributed by atoms with Gasteiger partial charge in [-0.3, -0.25) is 4.79 Å². The Kier molecular flexibility index (Phi) is 8.52. The normalized spacial score (nSPS) is 13.6. The van der Waals surface area contributed by atoms with Crippen LogP contribution in [0.3, 0.4) is 0 Å². The van der Waals surface area contributed by atoms with E-state index >= 15 is 0 Å². The number of aryl methyl sites for hydroxylation is 1. The summed E-state index contributed by atoms with van der Waals surface area (Å²) in [5.41, 5.74) is 2.60. The Morgan fingerprint density at radius 3 is 2.50 bits per heavy atom. The highest BCUT2D eigenvalue weighted by Gasteiger charge is 2.24. The largest absolute Gasteiger partial charge is 0.479 e. The summed E-state index contributed by atoms with van der Waals surface area (Å²) < 4.78 is 13.2. The van der Waals surface area contributed by atoms with Crippen LogP contribution in [0.1, 0.15) is 23.0 Å². The molecular weight excluding hydrogens is 448 g/mol. The van der Waals surface area contributed by atoms with Crippen molar-refractivity contribution in [3.63, 3.8) is 0 Å². The lowest BCUT2D eigenvalue weighted by atomic mass is 10.1. The molecule has 0 spiro atoms. The molecule has 1 fully saturated rings. The number of anilines is 2. The number of hydrogen-bond donors (Lipinski definition) is 1. The van der Waals surface area contributed by atoms with E-state index in [1.165, 1.54) is 24.8 Å². The zero-order valence-electron chi connectivity index (χ0n) is 18.7. The van der Waals surface area contributed by atoms with Gasteiger partial charge in [-0.1, -0.05) is 19.1 Å². The second kappa shape index (κ2) is 11.3. The minimum absolute atomic E-state index is 0.0935. The topological polar surface area (TPSA) is 84.0 Å². The first kappa shape index (κ1) is 24.1. The molecular formula is C22H28N4O4S2. The van der Waals surface area contributed by atoms with Crippen LogP contribution >= 0.6 is 23.7 Å². The molecule has 1 N–H and O–H groups in total. The lowest BCUT2D eigenvalue weighted by molar-refractivity contribution is 0.0599. The number of piperazine rings is 1. The Labute approximate surface area is 197 Å². The van der Waals surface area contributed by atoms with E-state index in [-0.39, 0.29) is 5.24 Å². The molecule has 1 aliphatic heterocycles. The lowest BCUT2D eigenvalue weighted by Crippen LogP contribution is -2.48. The number of nitrogens with one attached hydrogen (secondary N) is 1. The van der Waals surface area contributed by atoms with Crippen molar-refractivity contribution in [1.29, 1.82) is 0 Å². The fraction of sp³-hybridized carbons (Fsp3) is 0.409. The molecule has 8 nitrogen and oxygen atoms in total. The summed E-state index contributed by atoms with van der Waals surface area (Å²) in [6.45, 7) is 4.71. The van der Waals surface area contributed by atoms with Crippen molar-refractivity contribution in [3.8, 4) is 5.88 Å². The Balaban J connectivity index is 1.63. The third-order valence-corrected chi connectivity index (χ3v) is 6.75. The van der Waals surface area contributed by atoms with Gasteiger partial charge in [-0.25, -0.2) is 9.78 Å². The maximum atomic E-state index is 12.8.